The Morgan fingerprint density at radius 2 is 2.17 bits per heavy atom. The minimum atomic E-state index is 0.857. The highest BCUT2D eigenvalue weighted by molar-refractivity contribution is 5.55. The molecule has 0 spiro atoms. The number of hydrogen-bond donors (Lipinski definition) is 0. The molecular weight excluding hydrogens is 150 g/mol. The maximum Gasteiger partial charge on any atom is 0.155 e. The van der Waals surface area contributed by atoms with Gasteiger partial charge in [-0.05, 0) is 30.7 Å². The third-order valence-electron chi connectivity index (χ3n) is 1.76. The first-order valence-corrected chi connectivity index (χ1v) is 3.83. The Bertz CT molecular complexity index is 364. The number of pyridine rings is 1. The van der Waals surface area contributed by atoms with Crippen LogP contribution >= 0.6 is 0 Å². The second-order valence-electron chi connectivity index (χ2n) is 2.65. The van der Waals surface area contributed by atoms with Crippen molar-refractivity contribution in [2.75, 3.05) is 0 Å². The summed E-state index contributed by atoms with van der Waals surface area (Å²) in [5.41, 5.74) is 2.01. The first-order chi connectivity index (χ1) is 5.88. The van der Waals surface area contributed by atoms with Gasteiger partial charge in [0.15, 0.2) is 5.76 Å². The normalized spacial score (nSPS) is 10.1. The fraction of sp³-hybridized carbons (Fsp3) is 0.100. The molecule has 60 valence electrons. The summed E-state index contributed by atoms with van der Waals surface area (Å²) in [6, 6.07) is 7.71. The lowest BCUT2D eigenvalue weighted by Gasteiger charge is -1.95. The van der Waals surface area contributed by atoms with Gasteiger partial charge in [-0.3, -0.25) is 4.98 Å². The van der Waals surface area contributed by atoms with Gasteiger partial charge in [-0.15, -0.1) is 0 Å². The molecule has 0 saturated carbocycles. The molecule has 0 unspecified atom stereocenters. The average Bonchev–Trinajstić information content (AvgIpc) is 2.53. The molecule has 2 heteroatoms. The Balaban J connectivity index is 2.51. The van der Waals surface area contributed by atoms with Crippen molar-refractivity contribution < 1.29 is 4.42 Å². The SMILES string of the molecule is Cc1ccoc1-c1ccccn1. The summed E-state index contributed by atoms with van der Waals surface area (Å²) in [7, 11) is 0. The lowest BCUT2D eigenvalue weighted by atomic mass is 10.2. The van der Waals surface area contributed by atoms with E-state index in [1.165, 1.54) is 0 Å². The van der Waals surface area contributed by atoms with Gasteiger partial charge in [-0.25, -0.2) is 0 Å². The predicted molar refractivity (Wildman–Crippen MR) is 46.7 cm³/mol. The van der Waals surface area contributed by atoms with E-state index in [9.17, 15) is 0 Å². The molecule has 2 rings (SSSR count). The van der Waals surface area contributed by atoms with Crippen molar-refractivity contribution in [1.29, 1.82) is 0 Å². The molecule has 0 bridgehead atoms. The topological polar surface area (TPSA) is 26.0 Å². The van der Waals surface area contributed by atoms with Gasteiger partial charge in [0.1, 0.15) is 5.69 Å². The standard InChI is InChI=1S/C10H9NO/c1-8-5-7-12-10(8)9-4-2-3-6-11-9/h2-7H,1H3. The molecule has 2 heterocycles. The van der Waals surface area contributed by atoms with Crippen LogP contribution in [0.1, 0.15) is 5.56 Å². The Labute approximate surface area is 70.9 Å². The fourth-order valence-corrected chi connectivity index (χ4v) is 1.13. The molecule has 0 aliphatic carbocycles. The summed E-state index contributed by atoms with van der Waals surface area (Å²) >= 11 is 0. The summed E-state index contributed by atoms with van der Waals surface area (Å²) in [6.07, 6.45) is 3.44. The highest BCUT2D eigenvalue weighted by Gasteiger charge is 2.04. The summed E-state index contributed by atoms with van der Waals surface area (Å²) in [4.78, 5) is 4.19. The highest BCUT2D eigenvalue weighted by Crippen LogP contribution is 2.20. The maximum atomic E-state index is 5.29. The molecule has 0 fully saturated rings. The van der Waals surface area contributed by atoms with Crippen molar-refractivity contribution in [3.8, 4) is 11.5 Å². The predicted octanol–water partition coefficient (Wildman–Crippen LogP) is 2.65. The first kappa shape index (κ1) is 7.10. The van der Waals surface area contributed by atoms with Crippen LogP contribution in [0.4, 0.5) is 0 Å². The van der Waals surface area contributed by atoms with Gasteiger partial charge in [-0.2, -0.15) is 0 Å². The van der Waals surface area contributed by atoms with Gasteiger partial charge in [-0.1, -0.05) is 6.07 Å². The number of nitrogens with zero attached hydrogens (tertiary/aromatic N) is 1. The summed E-state index contributed by atoms with van der Waals surface area (Å²) in [5, 5.41) is 0. The molecule has 0 saturated heterocycles. The number of rotatable bonds is 1. The summed E-state index contributed by atoms with van der Waals surface area (Å²) in [5.74, 6) is 0.857. The van der Waals surface area contributed by atoms with Crippen LogP contribution in [0.3, 0.4) is 0 Å². The van der Waals surface area contributed by atoms with Crippen molar-refractivity contribution in [2.24, 2.45) is 0 Å². The molecule has 0 amide bonds. The molecule has 2 nitrogen and oxygen atoms in total. The number of hydrogen-bond acceptors (Lipinski definition) is 2. The van der Waals surface area contributed by atoms with Crippen LogP contribution < -0.4 is 0 Å². The third kappa shape index (κ3) is 1.11. The van der Waals surface area contributed by atoms with Crippen molar-refractivity contribution in [1.82, 2.24) is 4.98 Å². The van der Waals surface area contributed by atoms with E-state index in [0.29, 0.717) is 0 Å². The second-order valence-corrected chi connectivity index (χ2v) is 2.65. The Hall–Kier alpha value is -1.57. The number of aromatic nitrogens is 1. The molecule has 0 aliphatic rings. The van der Waals surface area contributed by atoms with Crippen LogP contribution in [-0.4, -0.2) is 4.98 Å². The largest absolute Gasteiger partial charge is 0.462 e. The van der Waals surface area contributed by atoms with Crippen LogP contribution in [0.5, 0.6) is 0 Å². The molecule has 0 aromatic carbocycles. The third-order valence-corrected chi connectivity index (χ3v) is 1.76. The van der Waals surface area contributed by atoms with Crippen LogP contribution in [0.25, 0.3) is 11.5 Å². The molecular formula is C10H9NO. The minimum absolute atomic E-state index is 0.857. The van der Waals surface area contributed by atoms with E-state index in [2.05, 4.69) is 4.98 Å². The molecule has 2 aromatic rings. The minimum Gasteiger partial charge on any atom is -0.462 e. The zero-order valence-electron chi connectivity index (χ0n) is 6.82. The molecule has 0 N–H and O–H groups in total. The molecule has 2 aromatic heterocycles. The van der Waals surface area contributed by atoms with Crippen molar-refractivity contribution in [3.05, 3.63) is 42.3 Å². The number of furan rings is 1. The van der Waals surface area contributed by atoms with Crippen molar-refractivity contribution in [3.63, 3.8) is 0 Å². The molecule has 0 radical (unpaired) electrons. The van der Waals surface area contributed by atoms with Gasteiger partial charge in [0, 0.05) is 6.20 Å². The lowest BCUT2D eigenvalue weighted by Crippen LogP contribution is -1.80. The van der Waals surface area contributed by atoms with Gasteiger partial charge in [0.25, 0.3) is 0 Å². The van der Waals surface area contributed by atoms with Crippen LogP contribution in [0.2, 0.25) is 0 Å². The Morgan fingerprint density at radius 3 is 2.75 bits per heavy atom. The average molecular weight is 159 g/mol. The van der Waals surface area contributed by atoms with Gasteiger partial charge < -0.3 is 4.42 Å². The lowest BCUT2D eigenvalue weighted by molar-refractivity contribution is 0.578. The summed E-state index contributed by atoms with van der Waals surface area (Å²) < 4.78 is 5.29. The van der Waals surface area contributed by atoms with E-state index in [1.54, 1.807) is 12.5 Å². The van der Waals surface area contributed by atoms with E-state index in [4.69, 9.17) is 4.42 Å². The number of aryl methyl sites for hydroxylation is 1. The van der Waals surface area contributed by atoms with Gasteiger partial charge in [0.2, 0.25) is 0 Å². The van der Waals surface area contributed by atoms with Crippen molar-refractivity contribution >= 4 is 0 Å². The Kier molecular flexibility index (Phi) is 1.67. The highest BCUT2D eigenvalue weighted by atomic mass is 16.3. The van der Waals surface area contributed by atoms with E-state index in [1.807, 2.05) is 31.2 Å². The zero-order valence-corrected chi connectivity index (χ0v) is 6.82. The van der Waals surface area contributed by atoms with Crippen LogP contribution in [-0.2, 0) is 0 Å². The first-order valence-electron chi connectivity index (χ1n) is 3.83. The van der Waals surface area contributed by atoms with Crippen molar-refractivity contribution in [2.45, 2.75) is 6.92 Å². The fourth-order valence-electron chi connectivity index (χ4n) is 1.13. The smallest absolute Gasteiger partial charge is 0.155 e. The van der Waals surface area contributed by atoms with E-state index in [-0.39, 0.29) is 0 Å². The zero-order chi connectivity index (χ0) is 8.39. The van der Waals surface area contributed by atoms with Crippen LogP contribution in [0.15, 0.2) is 41.1 Å². The van der Waals surface area contributed by atoms with E-state index < -0.39 is 0 Å². The van der Waals surface area contributed by atoms with Gasteiger partial charge >= 0.3 is 0 Å². The van der Waals surface area contributed by atoms with E-state index in [0.717, 1.165) is 17.0 Å². The quantitative estimate of drug-likeness (QED) is 0.639. The monoisotopic (exact) mass is 159 g/mol. The van der Waals surface area contributed by atoms with E-state index >= 15 is 0 Å². The van der Waals surface area contributed by atoms with Gasteiger partial charge in [0.05, 0.1) is 6.26 Å². The van der Waals surface area contributed by atoms with Crippen LogP contribution in [0, 0.1) is 6.92 Å². The molecule has 12 heavy (non-hydrogen) atoms. The molecule has 0 aliphatic heterocycles. The Morgan fingerprint density at radius 1 is 1.25 bits per heavy atom. The second kappa shape index (κ2) is 2.81. The molecule has 0 atom stereocenters. The summed E-state index contributed by atoms with van der Waals surface area (Å²) in [6.45, 7) is 2.01. The maximum absolute atomic E-state index is 5.29.